The van der Waals surface area contributed by atoms with Crippen LogP contribution < -0.4 is 5.32 Å². The van der Waals surface area contributed by atoms with Crippen LogP contribution in [0.4, 0.5) is 0 Å². The van der Waals surface area contributed by atoms with Gasteiger partial charge in [-0.3, -0.25) is 4.79 Å². The fraction of sp³-hybridized carbons (Fsp3) is 0.333. The van der Waals surface area contributed by atoms with Gasteiger partial charge in [-0.05, 0) is 22.8 Å². The summed E-state index contributed by atoms with van der Waals surface area (Å²) in [5, 5.41) is 5.45. The summed E-state index contributed by atoms with van der Waals surface area (Å²) in [5.74, 6) is -0.460. The van der Waals surface area contributed by atoms with Crippen LogP contribution in [0.15, 0.2) is 55.1 Å². The molecule has 1 amide bonds. The van der Waals surface area contributed by atoms with Gasteiger partial charge in [0.15, 0.2) is 0 Å². The van der Waals surface area contributed by atoms with E-state index in [2.05, 4.69) is 24.0 Å². The number of nitrogens with zero attached hydrogens (tertiary/aromatic N) is 1. The molecular weight excluding hydrogens is 328 g/mol. The number of hydrogen-bond donors (Lipinski definition) is 1. The highest BCUT2D eigenvalue weighted by molar-refractivity contribution is 5.89. The van der Waals surface area contributed by atoms with E-state index in [4.69, 9.17) is 4.74 Å². The van der Waals surface area contributed by atoms with Crippen molar-refractivity contribution in [3.63, 3.8) is 0 Å². The van der Waals surface area contributed by atoms with Gasteiger partial charge in [0.05, 0.1) is 13.2 Å². The van der Waals surface area contributed by atoms with Crippen molar-refractivity contribution in [1.29, 1.82) is 0 Å². The van der Waals surface area contributed by atoms with E-state index in [1.165, 1.54) is 7.11 Å². The van der Waals surface area contributed by atoms with Gasteiger partial charge >= 0.3 is 5.97 Å². The number of hydrogen-bond acceptors (Lipinski definition) is 4. The van der Waals surface area contributed by atoms with Crippen molar-refractivity contribution in [3.05, 3.63) is 60.7 Å². The maximum Gasteiger partial charge on any atom is 0.328 e. The van der Waals surface area contributed by atoms with Crippen molar-refractivity contribution in [3.8, 4) is 0 Å². The van der Waals surface area contributed by atoms with Crippen LogP contribution in [0.1, 0.15) is 12.0 Å². The Labute approximate surface area is 153 Å². The highest BCUT2D eigenvalue weighted by Gasteiger charge is 2.36. The minimum atomic E-state index is -0.622. The van der Waals surface area contributed by atoms with Crippen LogP contribution in [-0.2, 0) is 20.7 Å². The average molecular weight is 352 g/mol. The lowest BCUT2D eigenvalue weighted by molar-refractivity contribution is -0.154. The Morgan fingerprint density at radius 3 is 2.85 bits per heavy atom. The van der Waals surface area contributed by atoms with Crippen LogP contribution in [0.25, 0.3) is 10.8 Å². The third kappa shape index (κ3) is 3.78. The van der Waals surface area contributed by atoms with Crippen LogP contribution in [0.2, 0.25) is 0 Å². The second-order valence-electron chi connectivity index (χ2n) is 6.49. The van der Waals surface area contributed by atoms with Gasteiger partial charge in [-0.2, -0.15) is 0 Å². The van der Waals surface area contributed by atoms with Crippen molar-refractivity contribution in [2.75, 3.05) is 20.2 Å². The molecule has 5 heteroatoms. The molecule has 2 aromatic rings. The number of benzene rings is 2. The summed E-state index contributed by atoms with van der Waals surface area (Å²) in [6.07, 6.45) is 2.69. The van der Waals surface area contributed by atoms with E-state index in [1.807, 2.05) is 30.3 Å². The molecule has 1 saturated heterocycles. The van der Waals surface area contributed by atoms with E-state index in [9.17, 15) is 9.59 Å². The SMILES string of the molecule is C=CCC1NCCN(C(Cc2ccc3ccccc3c2)C(=O)OC)C1=O. The van der Waals surface area contributed by atoms with Crippen molar-refractivity contribution < 1.29 is 14.3 Å². The highest BCUT2D eigenvalue weighted by atomic mass is 16.5. The maximum atomic E-state index is 12.8. The third-order valence-corrected chi connectivity index (χ3v) is 4.82. The molecule has 0 aliphatic carbocycles. The molecule has 0 saturated carbocycles. The van der Waals surface area contributed by atoms with E-state index >= 15 is 0 Å². The first-order chi connectivity index (χ1) is 12.6. The Kier molecular flexibility index (Phi) is 5.68. The fourth-order valence-electron chi connectivity index (χ4n) is 3.46. The molecule has 1 N–H and O–H groups in total. The van der Waals surface area contributed by atoms with Gasteiger partial charge in [0.1, 0.15) is 6.04 Å². The molecule has 26 heavy (non-hydrogen) atoms. The van der Waals surface area contributed by atoms with Crippen LogP contribution in [-0.4, -0.2) is 49.1 Å². The lowest BCUT2D eigenvalue weighted by Gasteiger charge is -2.37. The smallest absolute Gasteiger partial charge is 0.328 e. The zero-order valence-electron chi connectivity index (χ0n) is 15.0. The normalized spacial score (nSPS) is 18.6. The Morgan fingerprint density at radius 1 is 1.35 bits per heavy atom. The second-order valence-corrected chi connectivity index (χ2v) is 6.49. The topological polar surface area (TPSA) is 58.6 Å². The standard InChI is InChI=1S/C21H24N2O3/c1-3-6-18-20(24)23(12-11-22-18)19(21(25)26-2)14-15-9-10-16-7-4-5-8-17(16)13-15/h3-5,7-10,13,18-19,22H,1,6,11-12,14H2,2H3. The number of ether oxygens (including phenoxy) is 1. The summed E-state index contributed by atoms with van der Waals surface area (Å²) in [6, 6.07) is 13.2. The number of fused-ring (bicyclic) bond motifs is 1. The number of carbonyl (C=O) groups excluding carboxylic acids is 2. The molecule has 2 aromatic carbocycles. The van der Waals surface area contributed by atoms with Crippen LogP contribution in [0, 0.1) is 0 Å². The minimum absolute atomic E-state index is 0.0765. The summed E-state index contributed by atoms with van der Waals surface area (Å²) < 4.78 is 5.00. The van der Waals surface area contributed by atoms with E-state index < -0.39 is 6.04 Å². The first-order valence-electron chi connectivity index (χ1n) is 8.84. The van der Waals surface area contributed by atoms with E-state index in [1.54, 1.807) is 11.0 Å². The molecule has 1 aliphatic heterocycles. The zero-order valence-corrected chi connectivity index (χ0v) is 15.0. The molecule has 5 nitrogen and oxygen atoms in total. The molecule has 1 heterocycles. The fourth-order valence-corrected chi connectivity index (χ4v) is 3.46. The number of esters is 1. The second kappa shape index (κ2) is 8.15. The van der Waals surface area contributed by atoms with Crippen molar-refractivity contribution in [2.45, 2.75) is 24.9 Å². The molecule has 0 radical (unpaired) electrons. The molecule has 2 atom stereocenters. The van der Waals surface area contributed by atoms with Crippen molar-refractivity contribution >= 4 is 22.6 Å². The van der Waals surface area contributed by atoms with E-state index in [0.717, 1.165) is 16.3 Å². The monoisotopic (exact) mass is 352 g/mol. The predicted octanol–water partition coefficient (Wildman–Crippen LogP) is 2.30. The molecule has 3 rings (SSSR count). The molecule has 0 spiro atoms. The largest absolute Gasteiger partial charge is 0.467 e. The highest BCUT2D eigenvalue weighted by Crippen LogP contribution is 2.20. The van der Waals surface area contributed by atoms with Crippen LogP contribution in [0.5, 0.6) is 0 Å². The molecular formula is C21H24N2O3. The molecule has 0 aromatic heterocycles. The molecule has 136 valence electrons. The van der Waals surface area contributed by atoms with Crippen LogP contribution in [0.3, 0.4) is 0 Å². The summed E-state index contributed by atoms with van der Waals surface area (Å²) >= 11 is 0. The number of amides is 1. The lowest BCUT2D eigenvalue weighted by Crippen LogP contribution is -2.60. The number of piperazine rings is 1. The number of methoxy groups -OCH3 is 1. The average Bonchev–Trinajstić information content (AvgIpc) is 2.67. The summed E-state index contributed by atoms with van der Waals surface area (Å²) in [5.41, 5.74) is 1.01. The molecule has 1 aliphatic rings. The Morgan fingerprint density at radius 2 is 2.12 bits per heavy atom. The summed E-state index contributed by atoms with van der Waals surface area (Å²) in [6.45, 7) is 4.84. The van der Waals surface area contributed by atoms with Gasteiger partial charge in [-0.25, -0.2) is 4.79 Å². The maximum absolute atomic E-state index is 12.8. The Hall–Kier alpha value is -2.66. The molecule has 0 bridgehead atoms. The van der Waals surface area contributed by atoms with Crippen molar-refractivity contribution in [1.82, 2.24) is 10.2 Å². The summed E-state index contributed by atoms with van der Waals surface area (Å²) in [7, 11) is 1.36. The first-order valence-corrected chi connectivity index (χ1v) is 8.84. The van der Waals surface area contributed by atoms with Gasteiger partial charge in [0, 0.05) is 19.5 Å². The lowest BCUT2D eigenvalue weighted by atomic mass is 9.99. The van der Waals surface area contributed by atoms with E-state index in [-0.39, 0.29) is 17.9 Å². The predicted molar refractivity (Wildman–Crippen MR) is 102 cm³/mol. The van der Waals surface area contributed by atoms with Crippen molar-refractivity contribution in [2.24, 2.45) is 0 Å². The van der Waals surface area contributed by atoms with Gasteiger partial charge in [-0.15, -0.1) is 6.58 Å². The quantitative estimate of drug-likeness (QED) is 0.640. The first kappa shape index (κ1) is 18.1. The van der Waals surface area contributed by atoms with Gasteiger partial charge < -0.3 is 15.0 Å². The third-order valence-electron chi connectivity index (χ3n) is 4.82. The Balaban J connectivity index is 1.86. The number of nitrogens with one attached hydrogen (secondary N) is 1. The molecule has 1 fully saturated rings. The summed E-state index contributed by atoms with van der Waals surface area (Å²) in [4.78, 5) is 26.9. The van der Waals surface area contributed by atoms with Crippen LogP contribution >= 0.6 is 0 Å². The van der Waals surface area contributed by atoms with Gasteiger partial charge in [0.25, 0.3) is 0 Å². The van der Waals surface area contributed by atoms with Gasteiger partial charge in [0.2, 0.25) is 5.91 Å². The van der Waals surface area contributed by atoms with Gasteiger partial charge in [-0.1, -0.05) is 48.5 Å². The number of rotatable bonds is 6. The minimum Gasteiger partial charge on any atom is -0.467 e. The molecule has 2 unspecified atom stereocenters. The Bertz CT molecular complexity index is 818. The number of carbonyl (C=O) groups is 2. The zero-order chi connectivity index (χ0) is 18.5. The van der Waals surface area contributed by atoms with E-state index in [0.29, 0.717) is 25.9 Å².